The van der Waals surface area contributed by atoms with Crippen molar-refractivity contribution in [2.45, 2.75) is 39.2 Å². The summed E-state index contributed by atoms with van der Waals surface area (Å²) in [4.78, 5) is 2.37. The third kappa shape index (κ3) is 2.63. The average Bonchev–Trinajstić information content (AvgIpc) is 3.12. The third-order valence-electron chi connectivity index (χ3n) is 3.96. The van der Waals surface area contributed by atoms with Crippen LogP contribution in [-0.4, -0.2) is 19.1 Å². The van der Waals surface area contributed by atoms with Gasteiger partial charge in [-0.2, -0.15) is 0 Å². The van der Waals surface area contributed by atoms with Crippen molar-refractivity contribution in [3.8, 4) is 0 Å². The van der Waals surface area contributed by atoms with Gasteiger partial charge in [-0.15, -0.1) is 0 Å². The molecule has 1 saturated carbocycles. The predicted molar refractivity (Wildman–Crippen MR) is 74.5 cm³/mol. The predicted octanol–water partition coefficient (Wildman–Crippen LogP) is 2.98. The fourth-order valence-corrected chi connectivity index (χ4v) is 2.70. The molecular formula is C15H24N2. The molecule has 0 heterocycles. The van der Waals surface area contributed by atoms with E-state index in [-0.39, 0.29) is 0 Å². The van der Waals surface area contributed by atoms with Crippen molar-refractivity contribution in [2.24, 2.45) is 11.7 Å². The van der Waals surface area contributed by atoms with Gasteiger partial charge in [-0.3, -0.25) is 0 Å². The SMILES string of the molecule is CCN(CC)c1ccc([C@@H]2C[C@H]2[C@@H](C)N)cc1. The van der Waals surface area contributed by atoms with E-state index in [1.54, 1.807) is 0 Å². The van der Waals surface area contributed by atoms with Gasteiger partial charge in [0.1, 0.15) is 0 Å². The van der Waals surface area contributed by atoms with Crippen molar-refractivity contribution < 1.29 is 0 Å². The molecule has 3 atom stereocenters. The van der Waals surface area contributed by atoms with Gasteiger partial charge in [0.05, 0.1) is 0 Å². The molecule has 1 aliphatic rings. The van der Waals surface area contributed by atoms with Gasteiger partial charge in [0.15, 0.2) is 0 Å². The van der Waals surface area contributed by atoms with Crippen molar-refractivity contribution in [3.63, 3.8) is 0 Å². The summed E-state index contributed by atoms with van der Waals surface area (Å²) in [5.41, 5.74) is 8.73. The van der Waals surface area contributed by atoms with E-state index in [0.717, 1.165) is 13.1 Å². The summed E-state index contributed by atoms with van der Waals surface area (Å²) in [6.45, 7) is 8.66. The van der Waals surface area contributed by atoms with Gasteiger partial charge >= 0.3 is 0 Å². The standard InChI is InChI=1S/C15H24N2/c1-4-17(5-2)13-8-6-12(7-9-13)15-10-14(15)11(3)16/h6-9,11,14-15H,4-5,10,16H2,1-3H3/t11-,14+,15+/m1/s1. The first-order valence-electron chi connectivity index (χ1n) is 6.77. The van der Waals surface area contributed by atoms with E-state index in [1.807, 2.05) is 0 Å². The van der Waals surface area contributed by atoms with Crippen molar-refractivity contribution in [3.05, 3.63) is 29.8 Å². The lowest BCUT2D eigenvalue weighted by atomic mass is 10.1. The highest BCUT2D eigenvalue weighted by molar-refractivity contribution is 5.48. The maximum absolute atomic E-state index is 5.94. The van der Waals surface area contributed by atoms with E-state index in [9.17, 15) is 0 Å². The highest BCUT2D eigenvalue weighted by atomic mass is 15.1. The first-order valence-corrected chi connectivity index (χ1v) is 6.77. The van der Waals surface area contributed by atoms with E-state index < -0.39 is 0 Å². The monoisotopic (exact) mass is 232 g/mol. The molecule has 0 aliphatic heterocycles. The molecule has 2 nitrogen and oxygen atoms in total. The Kier molecular flexibility index (Phi) is 3.72. The summed E-state index contributed by atoms with van der Waals surface area (Å²) in [5, 5.41) is 0. The van der Waals surface area contributed by atoms with E-state index in [1.165, 1.54) is 17.7 Å². The Morgan fingerprint density at radius 1 is 1.24 bits per heavy atom. The zero-order chi connectivity index (χ0) is 12.4. The molecule has 0 saturated heterocycles. The van der Waals surface area contributed by atoms with Gasteiger partial charge < -0.3 is 10.6 Å². The van der Waals surface area contributed by atoms with Gasteiger partial charge in [-0.25, -0.2) is 0 Å². The number of hydrogen-bond acceptors (Lipinski definition) is 2. The molecule has 0 radical (unpaired) electrons. The maximum atomic E-state index is 5.94. The van der Waals surface area contributed by atoms with Gasteiger partial charge in [0.2, 0.25) is 0 Å². The third-order valence-corrected chi connectivity index (χ3v) is 3.96. The number of nitrogens with zero attached hydrogens (tertiary/aromatic N) is 1. The van der Waals surface area contributed by atoms with Crippen LogP contribution in [-0.2, 0) is 0 Å². The lowest BCUT2D eigenvalue weighted by Crippen LogP contribution is -2.21. The van der Waals surface area contributed by atoms with Crippen LogP contribution in [0.5, 0.6) is 0 Å². The molecule has 17 heavy (non-hydrogen) atoms. The molecular weight excluding hydrogens is 208 g/mol. The number of rotatable bonds is 5. The largest absolute Gasteiger partial charge is 0.372 e. The normalized spacial score (nSPS) is 24.5. The van der Waals surface area contributed by atoms with Crippen LogP contribution in [0.15, 0.2) is 24.3 Å². The van der Waals surface area contributed by atoms with E-state index >= 15 is 0 Å². The molecule has 1 aliphatic carbocycles. The smallest absolute Gasteiger partial charge is 0.0366 e. The van der Waals surface area contributed by atoms with Crippen LogP contribution in [0.3, 0.4) is 0 Å². The quantitative estimate of drug-likeness (QED) is 0.845. The van der Waals surface area contributed by atoms with Crippen LogP contribution in [0, 0.1) is 5.92 Å². The van der Waals surface area contributed by atoms with Crippen LogP contribution < -0.4 is 10.6 Å². The minimum atomic E-state index is 0.336. The van der Waals surface area contributed by atoms with Gasteiger partial charge in [0, 0.05) is 24.8 Å². The van der Waals surface area contributed by atoms with Crippen LogP contribution in [0.25, 0.3) is 0 Å². The molecule has 0 unspecified atom stereocenters. The van der Waals surface area contributed by atoms with Gasteiger partial charge in [-0.05, 0) is 56.7 Å². The summed E-state index contributed by atoms with van der Waals surface area (Å²) < 4.78 is 0. The van der Waals surface area contributed by atoms with Crippen LogP contribution in [0.2, 0.25) is 0 Å². The van der Waals surface area contributed by atoms with Crippen molar-refractivity contribution in [1.82, 2.24) is 0 Å². The zero-order valence-corrected chi connectivity index (χ0v) is 11.2. The second-order valence-electron chi connectivity index (χ2n) is 5.13. The summed E-state index contributed by atoms with van der Waals surface area (Å²) in [7, 11) is 0. The van der Waals surface area contributed by atoms with Crippen LogP contribution in [0.4, 0.5) is 5.69 Å². The van der Waals surface area contributed by atoms with Gasteiger partial charge in [0.25, 0.3) is 0 Å². The number of hydrogen-bond donors (Lipinski definition) is 1. The van der Waals surface area contributed by atoms with E-state index in [2.05, 4.69) is 49.9 Å². The number of nitrogens with two attached hydrogens (primary N) is 1. The molecule has 0 spiro atoms. The minimum absolute atomic E-state index is 0.336. The second kappa shape index (κ2) is 5.09. The molecule has 1 aromatic rings. The molecule has 2 heteroatoms. The van der Waals surface area contributed by atoms with E-state index in [4.69, 9.17) is 5.73 Å². The Hall–Kier alpha value is -1.02. The Balaban J connectivity index is 2.04. The Bertz CT molecular complexity index is 352. The Morgan fingerprint density at radius 3 is 2.24 bits per heavy atom. The summed E-state index contributed by atoms with van der Waals surface area (Å²) in [6, 6.07) is 9.39. The fourth-order valence-electron chi connectivity index (χ4n) is 2.70. The van der Waals surface area contributed by atoms with E-state index in [0.29, 0.717) is 17.9 Å². The Morgan fingerprint density at radius 2 is 1.82 bits per heavy atom. The average molecular weight is 232 g/mol. The van der Waals surface area contributed by atoms with Crippen molar-refractivity contribution in [2.75, 3.05) is 18.0 Å². The molecule has 1 aromatic carbocycles. The highest BCUT2D eigenvalue weighted by Gasteiger charge is 2.40. The van der Waals surface area contributed by atoms with Gasteiger partial charge in [-0.1, -0.05) is 12.1 Å². The molecule has 1 fully saturated rings. The second-order valence-corrected chi connectivity index (χ2v) is 5.13. The van der Waals surface area contributed by atoms with Crippen molar-refractivity contribution >= 4 is 5.69 Å². The maximum Gasteiger partial charge on any atom is 0.0366 e. The Labute approximate surface area is 105 Å². The summed E-state index contributed by atoms with van der Waals surface area (Å²) in [6.07, 6.45) is 1.27. The molecule has 0 aromatic heterocycles. The highest BCUT2D eigenvalue weighted by Crippen LogP contribution is 2.49. The molecule has 0 bridgehead atoms. The molecule has 2 rings (SSSR count). The lowest BCUT2D eigenvalue weighted by Gasteiger charge is -2.21. The van der Waals surface area contributed by atoms with Crippen LogP contribution >= 0.6 is 0 Å². The molecule has 0 amide bonds. The van der Waals surface area contributed by atoms with Crippen LogP contribution in [0.1, 0.15) is 38.7 Å². The lowest BCUT2D eigenvalue weighted by molar-refractivity contribution is 0.631. The number of anilines is 1. The first kappa shape index (κ1) is 12.4. The minimum Gasteiger partial charge on any atom is -0.372 e. The summed E-state index contributed by atoms with van der Waals surface area (Å²) in [5.74, 6) is 1.41. The zero-order valence-electron chi connectivity index (χ0n) is 11.2. The van der Waals surface area contributed by atoms with Crippen molar-refractivity contribution in [1.29, 1.82) is 0 Å². The fraction of sp³-hybridized carbons (Fsp3) is 0.600. The molecule has 2 N–H and O–H groups in total. The first-order chi connectivity index (χ1) is 8.17. The molecule has 94 valence electrons. The summed E-state index contributed by atoms with van der Waals surface area (Å²) >= 11 is 0. The number of benzene rings is 1. The topological polar surface area (TPSA) is 29.3 Å².